The number of aromatic nitrogens is 2. The van der Waals surface area contributed by atoms with Crippen molar-refractivity contribution in [2.45, 2.75) is 32.7 Å². The lowest BCUT2D eigenvalue weighted by molar-refractivity contribution is 0.682. The summed E-state index contributed by atoms with van der Waals surface area (Å²) < 4.78 is 11.1. The SMILES string of the molecule is CCCc1nc(Cl)cc(NC(C)CS(C)=O)n1. The predicted octanol–water partition coefficient (Wildman–Crippen LogP) is 2.26. The van der Waals surface area contributed by atoms with Gasteiger partial charge in [0, 0.05) is 41.3 Å². The van der Waals surface area contributed by atoms with Crippen molar-refractivity contribution in [3.63, 3.8) is 0 Å². The third kappa shape index (κ3) is 5.46. The molecule has 6 heteroatoms. The Hall–Kier alpha value is -0.680. The van der Waals surface area contributed by atoms with Crippen LogP contribution in [0.5, 0.6) is 0 Å². The number of nitrogens with zero attached hydrogens (tertiary/aromatic N) is 2. The minimum absolute atomic E-state index is 0.0984. The van der Waals surface area contributed by atoms with Crippen LogP contribution in [-0.2, 0) is 17.2 Å². The molecule has 0 bridgehead atoms. The van der Waals surface area contributed by atoms with Crippen molar-refractivity contribution in [3.8, 4) is 0 Å². The molecule has 0 aliphatic carbocycles. The zero-order valence-corrected chi connectivity index (χ0v) is 11.9. The van der Waals surface area contributed by atoms with Gasteiger partial charge in [-0.25, -0.2) is 9.97 Å². The first-order valence-corrected chi connectivity index (χ1v) is 7.71. The minimum Gasteiger partial charge on any atom is -0.367 e. The van der Waals surface area contributed by atoms with E-state index in [-0.39, 0.29) is 6.04 Å². The molecule has 4 nitrogen and oxygen atoms in total. The predicted molar refractivity (Wildman–Crippen MR) is 73.1 cm³/mol. The Labute approximate surface area is 110 Å². The maximum atomic E-state index is 11.1. The third-order valence-corrected chi connectivity index (χ3v) is 3.26. The van der Waals surface area contributed by atoms with Crippen LogP contribution in [0.3, 0.4) is 0 Å². The fraction of sp³-hybridized carbons (Fsp3) is 0.636. The number of anilines is 1. The molecule has 2 unspecified atom stereocenters. The molecule has 1 heterocycles. The maximum Gasteiger partial charge on any atom is 0.134 e. The molecule has 0 saturated heterocycles. The lowest BCUT2D eigenvalue weighted by Gasteiger charge is -2.13. The van der Waals surface area contributed by atoms with Crippen LogP contribution in [0.25, 0.3) is 0 Å². The molecule has 0 radical (unpaired) electrons. The first-order chi connectivity index (χ1) is 8.01. The molecule has 0 amide bonds. The summed E-state index contributed by atoms with van der Waals surface area (Å²) in [5, 5.41) is 3.62. The summed E-state index contributed by atoms with van der Waals surface area (Å²) >= 11 is 5.92. The quantitative estimate of drug-likeness (QED) is 0.809. The number of halogens is 1. The Morgan fingerprint density at radius 2 is 2.24 bits per heavy atom. The molecule has 1 N–H and O–H groups in total. The molecule has 17 heavy (non-hydrogen) atoms. The molecule has 1 rings (SSSR count). The van der Waals surface area contributed by atoms with Gasteiger partial charge >= 0.3 is 0 Å². The van der Waals surface area contributed by atoms with E-state index in [4.69, 9.17) is 11.6 Å². The Morgan fingerprint density at radius 1 is 1.53 bits per heavy atom. The van der Waals surface area contributed by atoms with E-state index in [0.717, 1.165) is 18.7 Å². The molecular formula is C11H18ClN3OS. The molecule has 0 aliphatic rings. The zero-order chi connectivity index (χ0) is 12.8. The number of hydrogen-bond acceptors (Lipinski definition) is 4. The second-order valence-electron chi connectivity index (χ2n) is 4.03. The number of hydrogen-bond donors (Lipinski definition) is 1. The summed E-state index contributed by atoms with van der Waals surface area (Å²) in [7, 11) is -0.822. The molecule has 0 spiro atoms. The second-order valence-corrected chi connectivity index (χ2v) is 5.89. The maximum absolute atomic E-state index is 11.1. The van der Waals surface area contributed by atoms with Crippen LogP contribution >= 0.6 is 11.6 Å². The Kier molecular flexibility index (Phi) is 5.85. The number of nitrogens with one attached hydrogen (secondary N) is 1. The van der Waals surface area contributed by atoms with Gasteiger partial charge in [0.05, 0.1) is 0 Å². The largest absolute Gasteiger partial charge is 0.367 e. The minimum atomic E-state index is -0.822. The van der Waals surface area contributed by atoms with Crippen molar-refractivity contribution in [2.75, 3.05) is 17.3 Å². The third-order valence-electron chi connectivity index (χ3n) is 2.09. The smallest absolute Gasteiger partial charge is 0.134 e. The van der Waals surface area contributed by atoms with E-state index in [0.29, 0.717) is 16.7 Å². The summed E-state index contributed by atoms with van der Waals surface area (Å²) in [4.78, 5) is 8.51. The van der Waals surface area contributed by atoms with E-state index in [1.807, 2.05) is 6.92 Å². The van der Waals surface area contributed by atoms with Gasteiger partial charge < -0.3 is 5.32 Å². The summed E-state index contributed by atoms with van der Waals surface area (Å²) in [5.74, 6) is 2.03. The fourth-order valence-corrected chi connectivity index (χ4v) is 2.51. The molecule has 2 atom stereocenters. The van der Waals surface area contributed by atoms with E-state index < -0.39 is 10.8 Å². The van der Waals surface area contributed by atoms with E-state index in [2.05, 4.69) is 22.2 Å². The summed E-state index contributed by atoms with van der Waals surface area (Å²) in [6, 6.07) is 1.79. The van der Waals surface area contributed by atoms with Crippen LogP contribution in [0.15, 0.2) is 6.07 Å². The van der Waals surface area contributed by atoms with Gasteiger partial charge in [-0.05, 0) is 13.3 Å². The van der Waals surface area contributed by atoms with Gasteiger partial charge in [-0.2, -0.15) is 0 Å². The van der Waals surface area contributed by atoms with E-state index >= 15 is 0 Å². The molecule has 0 aromatic carbocycles. The van der Waals surface area contributed by atoms with Gasteiger partial charge in [0.2, 0.25) is 0 Å². The second kappa shape index (κ2) is 6.91. The Balaban J connectivity index is 2.72. The Morgan fingerprint density at radius 3 is 2.82 bits per heavy atom. The molecule has 0 fully saturated rings. The average molecular weight is 276 g/mol. The van der Waals surface area contributed by atoms with E-state index in [9.17, 15) is 4.21 Å². The van der Waals surface area contributed by atoms with Gasteiger partial charge in [0.15, 0.2) is 0 Å². The molecule has 0 aliphatic heterocycles. The summed E-state index contributed by atoms with van der Waals surface area (Å²) in [5.41, 5.74) is 0. The van der Waals surface area contributed by atoms with Crippen molar-refractivity contribution < 1.29 is 4.21 Å². The van der Waals surface area contributed by atoms with Crippen molar-refractivity contribution in [1.82, 2.24) is 9.97 Å². The van der Waals surface area contributed by atoms with Crippen LogP contribution in [0.2, 0.25) is 5.15 Å². The average Bonchev–Trinajstić information content (AvgIpc) is 2.14. The lowest BCUT2D eigenvalue weighted by Crippen LogP contribution is -2.23. The number of rotatable bonds is 6. The lowest BCUT2D eigenvalue weighted by atomic mass is 10.3. The highest BCUT2D eigenvalue weighted by molar-refractivity contribution is 7.84. The van der Waals surface area contributed by atoms with Gasteiger partial charge in [-0.3, -0.25) is 4.21 Å². The van der Waals surface area contributed by atoms with E-state index in [1.165, 1.54) is 0 Å². The fourth-order valence-electron chi connectivity index (χ4n) is 1.52. The Bertz CT molecular complexity index is 400. The first-order valence-electron chi connectivity index (χ1n) is 5.61. The van der Waals surface area contributed by atoms with Crippen molar-refractivity contribution in [3.05, 3.63) is 17.0 Å². The van der Waals surface area contributed by atoms with Crippen LogP contribution in [-0.4, -0.2) is 32.2 Å². The standard InChI is InChI=1S/C11H18ClN3OS/c1-4-5-10-14-9(12)6-11(15-10)13-8(2)7-17(3)16/h6,8H,4-5,7H2,1-3H3,(H,13,14,15). The summed E-state index contributed by atoms with van der Waals surface area (Å²) in [6.07, 6.45) is 3.48. The highest BCUT2D eigenvalue weighted by Gasteiger charge is 2.07. The van der Waals surface area contributed by atoms with Gasteiger partial charge in [-0.15, -0.1) is 0 Å². The zero-order valence-electron chi connectivity index (χ0n) is 10.4. The normalized spacial score (nSPS) is 14.4. The van der Waals surface area contributed by atoms with Gasteiger partial charge in [0.25, 0.3) is 0 Å². The van der Waals surface area contributed by atoms with Crippen LogP contribution in [0.1, 0.15) is 26.1 Å². The van der Waals surface area contributed by atoms with Crippen molar-refractivity contribution >= 4 is 28.2 Å². The van der Waals surface area contributed by atoms with Crippen LogP contribution < -0.4 is 5.32 Å². The van der Waals surface area contributed by atoms with E-state index in [1.54, 1.807) is 12.3 Å². The van der Waals surface area contributed by atoms with Crippen LogP contribution in [0.4, 0.5) is 5.82 Å². The van der Waals surface area contributed by atoms with Gasteiger partial charge in [-0.1, -0.05) is 18.5 Å². The highest BCUT2D eigenvalue weighted by Crippen LogP contribution is 2.13. The monoisotopic (exact) mass is 275 g/mol. The molecular weight excluding hydrogens is 258 g/mol. The number of aryl methyl sites for hydroxylation is 1. The molecule has 1 aromatic rings. The van der Waals surface area contributed by atoms with Crippen molar-refractivity contribution in [1.29, 1.82) is 0 Å². The topological polar surface area (TPSA) is 54.9 Å². The van der Waals surface area contributed by atoms with Crippen LogP contribution in [0, 0.1) is 0 Å². The summed E-state index contributed by atoms with van der Waals surface area (Å²) in [6.45, 7) is 4.04. The molecule has 96 valence electrons. The molecule has 1 aromatic heterocycles. The molecule has 0 saturated carbocycles. The van der Waals surface area contributed by atoms with Gasteiger partial charge in [0.1, 0.15) is 16.8 Å². The van der Waals surface area contributed by atoms with Crippen molar-refractivity contribution in [2.24, 2.45) is 0 Å². The highest BCUT2D eigenvalue weighted by atomic mass is 35.5. The first kappa shape index (κ1) is 14.4.